The fraction of sp³-hybridized carbons (Fsp3) is 0.538. The molecule has 0 spiro atoms. The molecular weight excluding hydrogens is 214 g/mol. The van der Waals surface area contributed by atoms with Gasteiger partial charge in [0.25, 0.3) is 5.56 Å². The van der Waals surface area contributed by atoms with E-state index in [1.807, 2.05) is 20.8 Å². The summed E-state index contributed by atoms with van der Waals surface area (Å²) in [5, 5.41) is 0. The Morgan fingerprint density at radius 3 is 2.41 bits per heavy atom. The summed E-state index contributed by atoms with van der Waals surface area (Å²) in [6, 6.07) is 0. The maximum atomic E-state index is 12.4. The Bertz CT molecular complexity index is 605. The molecule has 92 valence electrons. The molecule has 0 fully saturated rings. The van der Waals surface area contributed by atoms with Crippen molar-refractivity contribution in [1.82, 2.24) is 14.4 Å². The van der Waals surface area contributed by atoms with Gasteiger partial charge in [0.1, 0.15) is 0 Å². The number of aromatic amines is 1. The lowest BCUT2D eigenvalue weighted by atomic mass is 9.97. The second kappa shape index (κ2) is 4.02. The maximum Gasteiger partial charge on any atom is 0.262 e. The van der Waals surface area contributed by atoms with Crippen LogP contribution in [-0.2, 0) is 0 Å². The predicted octanol–water partition coefficient (Wildman–Crippen LogP) is 2.58. The Labute approximate surface area is 101 Å². The van der Waals surface area contributed by atoms with Gasteiger partial charge >= 0.3 is 0 Å². The average molecular weight is 233 g/mol. The van der Waals surface area contributed by atoms with E-state index >= 15 is 0 Å². The van der Waals surface area contributed by atoms with E-state index < -0.39 is 0 Å². The molecule has 0 aliphatic heterocycles. The van der Waals surface area contributed by atoms with Crippen LogP contribution in [0.1, 0.15) is 56.5 Å². The van der Waals surface area contributed by atoms with Crippen LogP contribution >= 0.6 is 0 Å². The molecule has 0 amide bonds. The van der Waals surface area contributed by atoms with E-state index in [0.717, 1.165) is 17.0 Å². The zero-order valence-electron chi connectivity index (χ0n) is 11.0. The van der Waals surface area contributed by atoms with Gasteiger partial charge < -0.3 is 4.98 Å². The van der Waals surface area contributed by atoms with E-state index in [9.17, 15) is 4.79 Å². The number of imidazole rings is 1. The van der Waals surface area contributed by atoms with Crippen molar-refractivity contribution in [2.45, 2.75) is 46.5 Å². The van der Waals surface area contributed by atoms with Gasteiger partial charge in [-0.05, 0) is 18.8 Å². The lowest BCUT2D eigenvalue weighted by molar-refractivity contribution is 0.735. The number of rotatable bonds is 2. The molecule has 4 heteroatoms. The zero-order chi connectivity index (χ0) is 12.7. The molecule has 2 aromatic heterocycles. The Morgan fingerprint density at radius 1 is 1.24 bits per heavy atom. The number of nitrogens with one attached hydrogen (secondary N) is 1. The predicted molar refractivity (Wildman–Crippen MR) is 68.7 cm³/mol. The van der Waals surface area contributed by atoms with Crippen molar-refractivity contribution >= 4 is 5.78 Å². The molecule has 0 bridgehead atoms. The molecule has 1 N–H and O–H groups in total. The summed E-state index contributed by atoms with van der Waals surface area (Å²) in [4.78, 5) is 20.1. The largest absolute Gasteiger partial charge is 0.328 e. The molecule has 0 saturated carbocycles. The first-order chi connectivity index (χ1) is 7.91. The van der Waals surface area contributed by atoms with Crippen molar-refractivity contribution < 1.29 is 0 Å². The summed E-state index contributed by atoms with van der Waals surface area (Å²) in [6.45, 7) is 10.1. The fourth-order valence-electron chi connectivity index (χ4n) is 2.16. The summed E-state index contributed by atoms with van der Waals surface area (Å²) >= 11 is 0. The van der Waals surface area contributed by atoms with E-state index in [1.54, 1.807) is 10.6 Å². The van der Waals surface area contributed by atoms with Crippen LogP contribution in [0.3, 0.4) is 0 Å². The minimum atomic E-state index is 0.0538. The standard InChI is InChI=1S/C13H19N3O/c1-7(2)10-11(8(3)4)15-13-14-9(5)6-16(13)12(10)17/h6-8H,1-5H3,(H,14,15). The molecule has 0 aliphatic rings. The third kappa shape index (κ3) is 1.88. The topological polar surface area (TPSA) is 50.2 Å². The molecule has 0 aliphatic carbocycles. The minimum Gasteiger partial charge on any atom is -0.328 e. The third-order valence-electron chi connectivity index (χ3n) is 2.94. The highest BCUT2D eigenvalue weighted by molar-refractivity contribution is 5.37. The van der Waals surface area contributed by atoms with Crippen LogP contribution in [0.25, 0.3) is 5.78 Å². The molecule has 2 aromatic rings. The monoisotopic (exact) mass is 233 g/mol. The Morgan fingerprint density at radius 2 is 1.88 bits per heavy atom. The summed E-state index contributed by atoms with van der Waals surface area (Å²) in [5.74, 6) is 1.09. The van der Waals surface area contributed by atoms with Crippen molar-refractivity contribution in [3.63, 3.8) is 0 Å². The Hall–Kier alpha value is -1.58. The molecule has 0 unspecified atom stereocenters. The summed E-state index contributed by atoms with van der Waals surface area (Å²) < 4.78 is 1.61. The number of fused-ring (bicyclic) bond motifs is 1. The molecule has 0 saturated heterocycles. The van der Waals surface area contributed by atoms with Gasteiger partial charge in [-0.25, -0.2) is 4.98 Å². The summed E-state index contributed by atoms with van der Waals surface area (Å²) in [6.07, 6.45) is 1.81. The lowest BCUT2D eigenvalue weighted by Gasteiger charge is -2.13. The average Bonchev–Trinajstić information content (AvgIpc) is 2.57. The normalized spacial score (nSPS) is 11.9. The van der Waals surface area contributed by atoms with Crippen LogP contribution in [0.2, 0.25) is 0 Å². The van der Waals surface area contributed by atoms with Crippen LogP contribution in [-0.4, -0.2) is 14.4 Å². The molecular formula is C13H19N3O. The number of nitrogens with zero attached hydrogens (tertiary/aromatic N) is 2. The van der Waals surface area contributed by atoms with E-state index in [0.29, 0.717) is 5.78 Å². The van der Waals surface area contributed by atoms with Gasteiger partial charge in [-0.15, -0.1) is 0 Å². The van der Waals surface area contributed by atoms with Gasteiger partial charge in [-0.2, -0.15) is 0 Å². The van der Waals surface area contributed by atoms with Crippen LogP contribution in [0.15, 0.2) is 11.0 Å². The highest BCUT2D eigenvalue weighted by Crippen LogP contribution is 2.21. The minimum absolute atomic E-state index is 0.0538. The Balaban J connectivity index is 2.88. The second-order valence-corrected chi connectivity index (χ2v) is 5.16. The van der Waals surface area contributed by atoms with Crippen LogP contribution in [0.5, 0.6) is 0 Å². The van der Waals surface area contributed by atoms with Gasteiger partial charge in [0.05, 0.1) is 5.69 Å². The first kappa shape index (κ1) is 11.9. The van der Waals surface area contributed by atoms with Crippen molar-refractivity contribution in [3.8, 4) is 0 Å². The molecule has 0 atom stereocenters. The number of hydrogen-bond acceptors (Lipinski definition) is 2. The molecule has 2 rings (SSSR count). The molecule has 0 radical (unpaired) electrons. The molecule has 0 aromatic carbocycles. The number of H-pyrrole nitrogens is 1. The number of aryl methyl sites for hydroxylation is 1. The van der Waals surface area contributed by atoms with E-state index in [2.05, 4.69) is 23.8 Å². The van der Waals surface area contributed by atoms with Crippen molar-refractivity contribution in [3.05, 3.63) is 33.5 Å². The lowest BCUT2D eigenvalue weighted by Crippen LogP contribution is -2.23. The van der Waals surface area contributed by atoms with Gasteiger partial charge in [0.2, 0.25) is 5.78 Å². The van der Waals surface area contributed by atoms with Crippen molar-refractivity contribution in [1.29, 1.82) is 0 Å². The van der Waals surface area contributed by atoms with Crippen LogP contribution in [0.4, 0.5) is 0 Å². The van der Waals surface area contributed by atoms with E-state index in [1.165, 1.54) is 0 Å². The maximum absolute atomic E-state index is 12.4. The second-order valence-electron chi connectivity index (χ2n) is 5.16. The number of hydrogen-bond donors (Lipinski definition) is 1. The highest BCUT2D eigenvalue weighted by atomic mass is 16.1. The quantitative estimate of drug-likeness (QED) is 0.866. The van der Waals surface area contributed by atoms with Gasteiger partial charge in [0, 0.05) is 17.5 Å². The van der Waals surface area contributed by atoms with Gasteiger partial charge in [0.15, 0.2) is 0 Å². The summed E-state index contributed by atoms with van der Waals surface area (Å²) in [7, 11) is 0. The van der Waals surface area contributed by atoms with Gasteiger partial charge in [-0.3, -0.25) is 9.20 Å². The Kier molecular flexibility index (Phi) is 2.81. The van der Waals surface area contributed by atoms with Crippen LogP contribution in [0, 0.1) is 6.92 Å². The molecule has 4 nitrogen and oxygen atoms in total. The van der Waals surface area contributed by atoms with Crippen molar-refractivity contribution in [2.75, 3.05) is 0 Å². The summed E-state index contributed by atoms with van der Waals surface area (Å²) in [5.41, 5.74) is 2.74. The zero-order valence-corrected chi connectivity index (χ0v) is 11.0. The van der Waals surface area contributed by atoms with E-state index in [4.69, 9.17) is 0 Å². The highest BCUT2D eigenvalue weighted by Gasteiger charge is 2.18. The van der Waals surface area contributed by atoms with Gasteiger partial charge in [-0.1, -0.05) is 27.7 Å². The van der Waals surface area contributed by atoms with Crippen molar-refractivity contribution in [2.24, 2.45) is 0 Å². The first-order valence-electron chi connectivity index (χ1n) is 6.03. The molecule has 17 heavy (non-hydrogen) atoms. The number of aromatic nitrogens is 3. The smallest absolute Gasteiger partial charge is 0.262 e. The molecule has 2 heterocycles. The van der Waals surface area contributed by atoms with E-state index in [-0.39, 0.29) is 17.4 Å². The third-order valence-corrected chi connectivity index (χ3v) is 2.94. The van der Waals surface area contributed by atoms with Crippen LogP contribution < -0.4 is 5.56 Å². The SMILES string of the molecule is Cc1cn2c(=O)c(C(C)C)c(C(C)C)nc2[nH]1. The first-order valence-corrected chi connectivity index (χ1v) is 6.03. The fourth-order valence-corrected chi connectivity index (χ4v) is 2.16.